The third-order valence-corrected chi connectivity index (χ3v) is 13.4. The first-order valence-electron chi connectivity index (χ1n) is 27.9. The average molecular weight is 1110 g/mol. The number of carbonyl (C=O) groups is 6. The Bertz CT molecular complexity index is 2280. The van der Waals surface area contributed by atoms with Crippen molar-refractivity contribution in [1.82, 2.24) is 24.5 Å². The largest absolute Gasteiger partial charge is 0.493 e. The van der Waals surface area contributed by atoms with Crippen molar-refractivity contribution in [3.63, 3.8) is 0 Å². The van der Waals surface area contributed by atoms with Gasteiger partial charge in [0.1, 0.15) is 11.2 Å². The first kappa shape index (κ1) is 67.3. The maximum atomic E-state index is 14.0. The lowest BCUT2D eigenvalue weighted by molar-refractivity contribution is -0.139. The van der Waals surface area contributed by atoms with E-state index in [9.17, 15) is 33.9 Å². The molecule has 2 unspecified atom stereocenters. The second kappa shape index (κ2) is 31.7. The van der Waals surface area contributed by atoms with Gasteiger partial charge in [0.15, 0.2) is 23.0 Å². The van der Waals surface area contributed by atoms with Crippen LogP contribution in [0.4, 0.5) is 9.59 Å². The molecule has 1 N–H and O–H groups in total. The van der Waals surface area contributed by atoms with Gasteiger partial charge in [-0.2, -0.15) is 0 Å². The SMILES string of the molecule is CCN(C(=O)C[C@H]1CCC(N(C(=O)c2ccc(OC)c(OCCCOC)c2)C(C)C)CN1C(=O)OC(C)(C)C)C(C)C.COCCCOc1cc(C(=O)N(C(C)C)C2CC[C@H](CC(=O)O)N(C(=O)OC(C)(C)C)C2)ccc1OC. The molecule has 4 atom stereocenters. The summed E-state index contributed by atoms with van der Waals surface area (Å²) in [6.07, 6.45) is 2.65. The summed E-state index contributed by atoms with van der Waals surface area (Å²) < 4.78 is 44.1. The summed E-state index contributed by atoms with van der Waals surface area (Å²) in [6, 6.07) is 8.66. The molecule has 2 aliphatic heterocycles. The van der Waals surface area contributed by atoms with E-state index in [0.29, 0.717) is 106 Å². The molecule has 2 aromatic rings. The highest BCUT2D eigenvalue weighted by molar-refractivity contribution is 5.96. The maximum absolute atomic E-state index is 14.0. The van der Waals surface area contributed by atoms with E-state index in [0.717, 1.165) is 0 Å². The molecule has 2 fully saturated rings. The van der Waals surface area contributed by atoms with Crippen molar-refractivity contribution in [2.24, 2.45) is 0 Å². The Labute approximate surface area is 470 Å². The zero-order valence-electron chi connectivity index (χ0n) is 50.5. The normalized spacial score (nSPS) is 17.6. The van der Waals surface area contributed by atoms with Gasteiger partial charge in [-0.3, -0.25) is 19.2 Å². The van der Waals surface area contributed by atoms with Gasteiger partial charge in [0.05, 0.1) is 45.9 Å². The molecular weight excluding hydrogens is 1020 g/mol. The van der Waals surface area contributed by atoms with Crippen LogP contribution in [0.25, 0.3) is 0 Å². The summed E-state index contributed by atoms with van der Waals surface area (Å²) >= 11 is 0. The summed E-state index contributed by atoms with van der Waals surface area (Å²) in [7, 11) is 6.37. The van der Waals surface area contributed by atoms with E-state index in [2.05, 4.69) is 0 Å². The number of likely N-dealkylation sites (tertiary alicyclic amines) is 2. The number of carboxylic acids is 1. The van der Waals surface area contributed by atoms with Crippen molar-refractivity contribution >= 4 is 35.9 Å². The lowest BCUT2D eigenvalue weighted by Gasteiger charge is -2.45. The molecule has 4 rings (SSSR count). The van der Waals surface area contributed by atoms with Crippen LogP contribution < -0.4 is 18.9 Å². The van der Waals surface area contributed by atoms with Gasteiger partial charge in [0, 0.05) is 108 Å². The standard InChI is InChI=1S/C32H53N3O7.C27H42N2O8/c1-11-33(22(2)3)29(36)20-25-14-15-26(21-34(25)31(38)42-32(6,7)8)35(23(4)5)30(37)24-13-16-27(40-10)28(19-24)41-18-12-17-39-9;1-18(2)29(25(32)19-9-12-22(35-7)23(15-19)36-14-8-13-34-6)21-11-10-20(16-24(30)31)28(17-21)26(33)37-27(3,4)5/h13,16,19,22-23,25-26H,11-12,14-15,17-18,20-21H2,1-10H3;9,12,15,18,20-21H,8,10-11,13-14,16-17H2,1-7H3,(H,30,31)/t25-,26?;20-,21?/m11/s1. The smallest absolute Gasteiger partial charge is 0.410 e. The minimum atomic E-state index is -0.981. The van der Waals surface area contributed by atoms with E-state index in [1.165, 1.54) is 4.90 Å². The first-order chi connectivity index (χ1) is 37.1. The van der Waals surface area contributed by atoms with Crippen LogP contribution in [0.1, 0.15) is 162 Å². The number of methoxy groups -OCH3 is 4. The lowest BCUT2D eigenvalue weighted by Crippen LogP contribution is -2.58. The Morgan fingerprint density at radius 2 is 0.962 bits per heavy atom. The molecule has 0 saturated carbocycles. The van der Waals surface area contributed by atoms with Gasteiger partial charge in [-0.05, 0) is 152 Å². The molecule has 79 heavy (non-hydrogen) atoms. The van der Waals surface area contributed by atoms with Gasteiger partial charge in [-0.25, -0.2) is 9.59 Å². The molecule has 0 spiro atoms. The number of hydrogen-bond donors (Lipinski definition) is 1. The van der Waals surface area contributed by atoms with E-state index in [1.54, 1.807) is 95.4 Å². The maximum Gasteiger partial charge on any atom is 0.410 e. The van der Waals surface area contributed by atoms with Crippen molar-refractivity contribution in [2.45, 2.75) is 195 Å². The quantitative estimate of drug-likeness (QED) is 0.0970. The summed E-state index contributed by atoms with van der Waals surface area (Å²) in [6.45, 7) is 27.5. The van der Waals surface area contributed by atoms with Crippen LogP contribution in [0.3, 0.4) is 0 Å². The molecule has 0 bridgehead atoms. The molecular formula is C59H95N5O15. The summed E-state index contributed by atoms with van der Waals surface area (Å²) in [5.74, 6) is 0.696. The van der Waals surface area contributed by atoms with E-state index in [4.69, 9.17) is 37.9 Å². The molecule has 2 heterocycles. The highest BCUT2D eigenvalue weighted by atomic mass is 16.6. The molecule has 5 amide bonds. The van der Waals surface area contributed by atoms with Crippen molar-refractivity contribution in [3.8, 4) is 23.0 Å². The number of carboxylic acid groups (broad SMARTS) is 1. The van der Waals surface area contributed by atoms with Gasteiger partial charge in [-0.15, -0.1) is 0 Å². The summed E-state index contributed by atoms with van der Waals surface area (Å²) in [5.41, 5.74) is -0.508. The summed E-state index contributed by atoms with van der Waals surface area (Å²) in [4.78, 5) is 87.4. The fraction of sp³-hybridized carbons (Fsp3) is 0.695. The zero-order chi connectivity index (χ0) is 59.4. The van der Waals surface area contributed by atoms with Gasteiger partial charge >= 0.3 is 18.2 Å². The van der Waals surface area contributed by atoms with E-state index in [-0.39, 0.29) is 79.9 Å². The van der Waals surface area contributed by atoms with E-state index >= 15 is 0 Å². The number of nitrogens with zero attached hydrogens (tertiary/aromatic N) is 5. The topological polar surface area (TPSA) is 213 Å². The van der Waals surface area contributed by atoms with E-state index in [1.807, 2.05) is 79.0 Å². The Balaban J connectivity index is 0.000000419. The van der Waals surface area contributed by atoms with Gasteiger partial charge in [0.2, 0.25) is 5.91 Å². The lowest BCUT2D eigenvalue weighted by atomic mass is 9.93. The molecule has 0 aliphatic carbocycles. The molecule has 2 aromatic carbocycles. The van der Waals surface area contributed by atoms with Crippen LogP contribution in [-0.2, 0) is 28.5 Å². The Hall–Kier alpha value is -6.02. The third kappa shape index (κ3) is 20.9. The molecule has 2 saturated heterocycles. The number of carbonyl (C=O) groups excluding carboxylic acids is 5. The average Bonchev–Trinajstić information content (AvgIpc) is 3.42. The molecule has 0 radical (unpaired) electrons. The predicted octanol–water partition coefficient (Wildman–Crippen LogP) is 9.58. The van der Waals surface area contributed by atoms with Crippen LogP contribution in [0.2, 0.25) is 0 Å². The highest BCUT2D eigenvalue weighted by Crippen LogP contribution is 2.34. The van der Waals surface area contributed by atoms with Gasteiger partial charge in [0.25, 0.3) is 11.8 Å². The molecule has 446 valence electrons. The van der Waals surface area contributed by atoms with Crippen molar-refractivity contribution in [3.05, 3.63) is 47.5 Å². The first-order valence-corrected chi connectivity index (χ1v) is 27.9. The van der Waals surface area contributed by atoms with Crippen LogP contribution in [0, 0.1) is 0 Å². The van der Waals surface area contributed by atoms with E-state index < -0.39 is 35.4 Å². The highest BCUT2D eigenvalue weighted by Gasteiger charge is 2.42. The number of ether oxygens (including phenoxy) is 8. The zero-order valence-corrected chi connectivity index (χ0v) is 50.5. The number of aliphatic carboxylic acids is 1. The fourth-order valence-corrected chi connectivity index (χ4v) is 9.89. The van der Waals surface area contributed by atoms with Gasteiger partial charge in [-0.1, -0.05) is 0 Å². The Kier molecular flexibility index (Phi) is 27.0. The predicted molar refractivity (Wildman–Crippen MR) is 301 cm³/mol. The number of piperidine rings is 2. The molecule has 20 nitrogen and oxygen atoms in total. The minimum absolute atomic E-state index is 0.0116. The molecule has 20 heteroatoms. The molecule has 2 aliphatic rings. The number of hydrogen-bond acceptors (Lipinski definition) is 14. The van der Waals surface area contributed by atoms with Crippen LogP contribution in [0.15, 0.2) is 36.4 Å². The van der Waals surface area contributed by atoms with Crippen molar-refractivity contribution in [2.75, 3.05) is 74.5 Å². The minimum Gasteiger partial charge on any atom is -0.493 e. The molecule has 0 aromatic heterocycles. The second-order valence-corrected chi connectivity index (χ2v) is 22.8. The van der Waals surface area contributed by atoms with Crippen molar-refractivity contribution < 1.29 is 71.8 Å². The summed E-state index contributed by atoms with van der Waals surface area (Å²) in [5, 5.41) is 9.39. The van der Waals surface area contributed by atoms with Gasteiger partial charge < -0.3 is 67.5 Å². The van der Waals surface area contributed by atoms with Crippen LogP contribution in [-0.4, -0.2) is 193 Å². The Morgan fingerprint density at radius 1 is 0.570 bits per heavy atom. The third-order valence-electron chi connectivity index (χ3n) is 13.4. The second-order valence-electron chi connectivity index (χ2n) is 22.8. The monoisotopic (exact) mass is 1110 g/mol. The number of rotatable bonds is 24. The number of benzene rings is 2. The van der Waals surface area contributed by atoms with Crippen molar-refractivity contribution in [1.29, 1.82) is 0 Å². The Morgan fingerprint density at radius 3 is 1.28 bits per heavy atom. The van der Waals surface area contributed by atoms with Crippen LogP contribution >= 0.6 is 0 Å². The van der Waals surface area contributed by atoms with Crippen LogP contribution in [0.5, 0.6) is 23.0 Å². The number of amides is 5. The fourth-order valence-electron chi connectivity index (χ4n) is 9.89.